The maximum atomic E-state index is 9.35. The lowest BCUT2D eigenvalue weighted by atomic mass is 9.85. The predicted octanol–water partition coefficient (Wildman–Crippen LogP) is 2.50. The summed E-state index contributed by atoms with van der Waals surface area (Å²) in [5, 5.41) is 15.0. The summed E-state index contributed by atoms with van der Waals surface area (Å²) in [4.78, 5) is 0. The van der Waals surface area contributed by atoms with E-state index in [-0.39, 0.29) is 12.0 Å². The van der Waals surface area contributed by atoms with Gasteiger partial charge in [-0.2, -0.15) is 5.10 Å². The Bertz CT molecular complexity index is 531. The van der Waals surface area contributed by atoms with E-state index < -0.39 is 0 Å². The summed E-state index contributed by atoms with van der Waals surface area (Å²) in [7, 11) is 1.87. The second-order valence-electron chi connectivity index (χ2n) is 4.69. The van der Waals surface area contributed by atoms with Gasteiger partial charge in [0.1, 0.15) is 0 Å². The van der Waals surface area contributed by atoms with Gasteiger partial charge in [0.25, 0.3) is 0 Å². The van der Waals surface area contributed by atoms with Gasteiger partial charge in [0.05, 0.1) is 12.1 Å². The number of rotatable bonds is 2. The lowest BCUT2D eigenvalue weighted by molar-refractivity contribution is 0.218. The van der Waals surface area contributed by atoms with Crippen LogP contribution in [0.1, 0.15) is 19.4 Å². The number of aliphatic hydroxyl groups is 1. The first-order valence-electron chi connectivity index (χ1n) is 5.19. The number of aromatic nitrogens is 2. The number of nitrogens with zero attached hydrogens (tertiary/aromatic N) is 2. The molecule has 0 radical (unpaired) electrons. The highest BCUT2D eigenvalue weighted by Crippen LogP contribution is 2.28. The third-order valence-electron chi connectivity index (χ3n) is 2.98. The third kappa shape index (κ3) is 1.70. The fourth-order valence-electron chi connectivity index (χ4n) is 1.73. The minimum absolute atomic E-state index is 0.115. The average molecular weight is 239 g/mol. The van der Waals surface area contributed by atoms with Gasteiger partial charge in [-0.25, -0.2) is 0 Å². The highest BCUT2D eigenvalue weighted by Gasteiger charge is 2.20. The van der Waals surface area contributed by atoms with E-state index in [0.717, 1.165) is 16.5 Å². The lowest BCUT2D eigenvalue weighted by Gasteiger charge is -2.22. The number of aryl methyl sites for hydroxylation is 1. The number of aliphatic hydroxyl groups excluding tert-OH is 1. The van der Waals surface area contributed by atoms with Crippen molar-refractivity contribution in [2.24, 2.45) is 7.05 Å². The van der Waals surface area contributed by atoms with Crippen LogP contribution in [0, 0.1) is 0 Å². The standard InChI is InChI=1S/C12H15ClN2O/c1-12(2,7-16)8-4-5-9-10(6-8)15(3)14-11(9)13/h4-6,16H,7H2,1-3H3. The Labute approximate surface area is 99.6 Å². The highest BCUT2D eigenvalue weighted by atomic mass is 35.5. The second-order valence-corrected chi connectivity index (χ2v) is 5.05. The Balaban J connectivity index is 2.64. The third-order valence-corrected chi connectivity index (χ3v) is 3.26. The van der Waals surface area contributed by atoms with E-state index in [2.05, 4.69) is 5.10 Å². The summed E-state index contributed by atoms with van der Waals surface area (Å²) >= 11 is 6.00. The molecule has 1 N–H and O–H groups in total. The molecule has 1 heterocycles. The van der Waals surface area contributed by atoms with Crippen molar-refractivity contribution < 1.29 is 5.11 Å². The first-order chi connectivity index (χ1) is 7.45. The molecule has 16 heavy (non-hydrogen) atoms. The van der Waals surface area contributed by atoms with Gasteiger partial charge in [-0.3, -0.25) is 4.68 Å². The van der Waals surface area contributed by atoms with Gasteiger partial charge in [0.2, 0.25) is 0 Å². The van der Waals surface area contributed by atoms with Crippen LogP contribution in [-0.4, -0.2) is 21.5 Å². The van der Waals surface area contributed by atoms with E-state index in [4.69, 9.17) is 11.6 Å². The van der Waals surface area contributed by atoms with Crippen LogP contribution >= 0.6 is 11.6 Å². The van der Waals surface area contributed by atoms with Crippen LogP contribution in [0.15, 0.2) is 18.2 Å². The molecule has 0 aliphatic carbocycles. The molecule has 0 atom stereocenters. The Kier molecular flexibility index (Phi) is 2.68. The van der Waals surface area contributed by atoms with Crippen molar-refractivity contribution in [1.82, 2.24) is 9.78 Å². The molecule has 0 bridgehead atoms. The van der Waals surface area contributed by atoms with Crippen LogP contribution in [0.2, 0.25) is 5.15 Å². The van der Waals surface area contributed by atoms with Gasteiger partial charge in [0, 0.05) is 17.8 Å². The molecule has 0 spiro atoms. The van der Waals surface area contributed by atoms with E-state index in [1.807, 2.05) is 39.1 Å². The van der Waals surface area contributed by atoms with Crippen molar-refractivity contribution in [2.45, 2.75) is 19.3 Å². The van der Waals surface area contributed by atoms with Crippen molar-refractivity contribution in [1.29, 1.82) is 0 Å². The normalized spacial score (nSPS) is 12.3. The summed E-state index contributed by atoms with van der Waals surface area (Å²) < 4.78 is 1.76. The van der Waals surface area contributed by atoms with Crippen LogP contribution in [0.25, 0.3) is 10.9 Å². The van der Waals surface area contributed by atoms with Gasteiger partial charge < -0.3 is 5.11 Å². The zero-order valence-corrected chi connectivity index (χ0v) is 10.4. The van der Waals surface area contributed by atoms with Crippen molar-refractivity contribution in [3.8, 4) is 0 Å². The average Bonchev–Trinajstić information content (AvgIpc) is 2.54. The number of halogens is 1. The van der Waals surface area contributed by atoms with Crippen LogP contribution in [0.4, 0.5) is 0 Å². The first kappa shape index (κ1) is 11.4. The largest absolute Gasteiger partial charge is 0.395 e. The molecular weight excluding hydrogens is 224 g/mol. The van der Waals surface area contributed by atoms with Crippen molar-refractivity contribution in [2.75, 3.05) is 6.61 Å². The van der Waals surface area contributed by atoms with Crippen molar-refractivity contribution in [3.63, 3.8) is 0 Å². The maximum absolute atomic E-state index is 9.35. The molecule has 1 aromatic carbocycles. The quantitative estimate of drug-likeness (QED) is 0.873. The molecule has 2 rings (SSSR count). The Morgan fingerprint density at radius 1 is 1.44 bits per heavy atom. The summed E-state index contributed by atoms with van der Waals surface area (Å²) in [6.45, 7) is 4.13. The highest BCUT2D eigenvalue weighted by molar-refractivity contribution is 6.34. The van der Waals surface area contributed by atoms with Crippen LogP contribution < -0.4 is 0 Å². The van der Waals surface area contributed by atoms with Gasteiger partial charge in [-0.05, 0) is 17.7 Å². The van der Waals surface area contributed by atoms with Crippen LogP contribution in [0.3, 0.4) is 0 Å². The smallest absolute Gasteiger partial charge is 0.158 e. The van der Waals surface area contributed by atoms with E-state index in [0.29, 0.717) is 5.15 Å². The lowest BCUT2D eigenvalue weighted by Crippen LogP contribution is -2.21. The van der Waals surface area contributed by atoms with Crippen molar-refractivity contribution in [3.05, 3.63) is 28.9 Å². The fourth-order valence-corrected chi connectivity index (χ4v) is 2.00. The molecule has 0 saturated carbocycles. The molecule has 0 amide bonds. The summed E-state index contributed by atoms with van der Waals surface area (Å²) in [5.74, 6) is 0. The number of hydrogen-bond acceptors (Lipinski definition) is 2. The fraction of sp³-hybridized carbons (Fsp3) is 0.417. The molecule has 3 nitrogen and oxygen atoms in total. The summed E-state index contributed by atoms with van der Waals surface area (Å²) in [6, 6.07) is 5.98. The van der Waals surface area contributed by atoms with Crippen LogP contribution in [0.5, 0.6) is 0 Å². The topological polar surface area (TPSA) is 38.0 Å². The first-order valence-corrected chi connectivity index (χ1v) is 5.57. The van der Waals surface area contributed by atoms with Gasteiger partial charge >= 0.3 is 0 Å². The van der Waals surface area contributed by atoms with E-state index >= 15 is 0 Å². The Morgan fingerprint density at radius 3 is 2.75 bits per heavy atom. The second kappa shape index (κ2) is 3.75. The summed E-state index contributed by atoms with van der Waals surface area (Å²) in [6.07, 6.45) is 0. The molecule has 0 aliphatic rings. The molecule has 86 valence electrons. The minimum Gasteiger partial charge on any atom is -0.395 e. The Hall–Kier alpha value is -1.06. The number of fused-ring (bicyclic) bond motifs is 1. The molecule has 0 unspecified atom stereocenters. The van der Waals surface area contributed by atoms with E-state index in [1.54, 1.807) is 4.68 Å². The maximum Gasteiger partial charge on any atom is 0.158 e. The molecular formula is C12H15ClN2O. The van der Waals surface area contributed by atoms with Gasteiger partial charge in [-0.1, -0.05) is 31.5 Å². The monoisotopic (exact) mass is 238 g/mol. The molecule has 0 aliphatic heterocycles. The zero-order valence-electron chi connectivity index (χ0n) is 9.66. The molecule has 1 aromatic heterocycles. The number of hydrogen-bond donors (Lipinski definition) is 1. The predicted molar refractivity (Wildman–Crippen MR) is 65.8 cm³/mol. The number of benzene rings is 1. The van der Waals surface area contributed by atoms with E-state index in [1.165, 1.54) is 0 Å². The van der Waals surface area contributed by atoms with Crippen LogP contribution in [-0.2, 0) is 12.5 Å². The minimum atomic E-state index is -0.245. The molecule has 0 fully saturated rings. The Morgan fingerprint density at radius 2 is 2.12 bits per heavy atom. The summed E-state index contributed by atoms with van der Waals surface area (Å²) in [5.41, 5.74) is 1.83. The van der Waals surface area contributed by atoms with Gasteiger partial charge in [-0.15, -0.1) is 0 Å². The molecule has 0 saturated heterocycles. The van der Waals surface area contributed by atoms with Gasteiger partial charge in [0.15, 0.2) is 5.15 Å². The zero-order chi connectivity index (χ0) is 11.9. The van der Waals surface area contributed by atoms with Crippen molar-refractivity contribution >= 4 is 22.5 Å². The molecule has 4 heteroatoms. The van der Waals surface area contributed by atoms with E-state index in [9.17, 15) is 5.11 Å². The SMILES string of the molecule is Cn1nc(Cl)c2ccc(C(C)(C)CO)cc21. The molecule has 2 aromatic rings.